The third kappa shape index (κ3) is 3.46. The Kier molecular flexibility index (Phi) is 4.57. The van der Waals surface area contributed by atoms with E-state index in [9.17, 15) is 9.59 Å². The first-order chi connectivity index (χ1) is 13.4. The van der Waals surface area contributed by atoms with Gasteiger partial charge in [-0.05, 0) is 50.6 Å². The van der Waals surface area contributed by atoms with Gasteiger partial charge in [0, 0.05) is 33.1 Å². The van der Waals surface area contributed by atoms with Crippen LogP contribution in [0.2, 0.25) is 0 Å². The summed E-state index contributed by atoms with van der Waals surface area (Å²) in [5.74, 6) is -0.257. The van der Waals surface area contributed by atoms with Gasteiger partial charge in [0.1, 0.15) is 10.7 Å². The smallest absolute Gasteiger partial charge is 0.275 e. The molecular weight excluding hydrogens is 370 g/mol. The minimum absolute atomic E-state index is 0.106. The van der Waals surface area contributed by atoms with Gasteiger partial charge in [0.2, 0.25) is 0 Å². The molecule has 2 aromatic heterocycles. The first kappa shape index (κ1) is 18.1. The number of aryl methyl sites for hydroxylation is 3. The Labute approximate surface area is 166 Å². The van der Waals surface area contributed by atoms with E-state index in [-0.39, 0.29) is 11.5 Å². The van der Waals surface area contributed by atoms with Crippen molar-refractivity contribution in [2.75, 3.05) is 5.32 Å². The van der Waals surface area contributed by atoms with Crippen LogP contribution in [0.5, 0.6) is 0 Å². The second-order valence-corrected chi connectivity index (χ2v) is 7.75. The number of thiazole rings is 1. The van der Waals surface area contributed by atoms with Crippen LogP contribution in [0.1, 0.15) is 27.2 Å². The average Bonchev–Trinajstić information content (AvgIpc) is 3.13. The van der Waals surface area contributed by atoms with Crippen LogP contribution in [-0.2, 0) is 0 Å². The summed E-state index contributed by atoms with van der Waals surface area (Å²) >= 11 is 1.46. The van der Waals surface area contributed by atoms with Crippen molar-refractivity contribution in [1.82, 2.24) is 9.97 Å². The molecule has 5 nitrogen and oxygen atoms in total. The maximum Gasteiger partial charge on any atom is 0.275 e. The Morgan fingerprint density at radius 2 is 1.86 bits per heavy atom. The fourth-order valence-electron chi connectivity index (χ4n) is 3.14. The van der Waals surface area contributed by atoms with Crippen LogP contribution in [0.3, 0.4) is 0 Å². The number of nitrogens with zero attached hydrogens (tertiary/aromatic N) is 1. The third-order valence-corrected chi connectivity index (χ3v) is 5.51. The molecule has 0 aliphatic heterocycles. The Hall–Kier alpha value is -3.25. The maximum atomic E-state index is 12.6. The van der Waals surface area contributed by atoms with Crippen LogP contribution in [0.4, 0.5) is 5.69 Å². The van der Waals surface area contributed by atoms with Crippen LogP contribution in [-0.4, -0.2) is 15.9 Å². The van der Waals surface area contributed by atoms with E-state index in [4.69, 9.17) is 0 Å². The third-order valence-electron chi connectivity index (χ3n) is 4.64. The van der Waals surface area contributed by atoms with Crippen molar-refractivity contribution in [2.45, 2.75) is 20.8 Å². The molecule has 2 aromatic carbocycles. The van der Waals surface area contributed by atoms with Crippen LogP contribution in [0.15, 0.2) is 52.6 Å². The van der Waals surface area contributed by atoms with Crippen molar-refractivity contribution in [1.29, 1.82) is 0 Å². The SMILES string of the molecule is Cc1ccc(-c2nc(C(=O)Nc3ccc4[nH]c(=O)c(C)cc4c3)cs2)c(C)c1. The molecule has 0 saturated carbocycles. The van der Waals surface area contributed by atoms with E-state index in [2.05, 4.69) is 28.3 Å². The Balaban J connectivity index is 1.59. The molecule has 6 heteroatoms. The normalized spacial score (nSPS) is 11.0. The molecule has 28 heavy (non-hydrogen) atoms. The number of carbonyl (C=O) groups is 1. The summed E-state index contributed by atoms with van der Waals surface area (Å²) in [5.41, 5.74) is 5.69. The van der Waals surface area contributed by atoms with Crippen molar-refractivity contribution in [3.05, 3.63) is 80.6 Å². The van der Waals surface area contributed by atoms with Gasteiger partial charge in [0.05, 0.1) is 0 Å². The number of carbonyl (C=O) groups excluding carboxylic acids is 1. The highest BCUT2D eigenvalue weighted by atomic mass is 32.1. The van der Waals surface area contributed by atoms with Gasteiger partial charge in [-0.3, -0.25) is 9.59 Å². The molecule has 4 aromatic rings. The van der Waals surface area contributed by atoms with Gasteiger partial charge < -0.3 is 10.3 Å². The molecular formula is C22H19N3O2S. The maximum absolute atomic E-state index is 12.6. The van der Waals surface area contributed by atoms with Crippen LogP contribution < -0.4 is 10.9 Å². The molecule has 140 valence electrons. The molecule has 0 spiro atoms. The second kappa shape index (κ2) is 7.05. The van der Waals surface area contributed by atoms with Gasteiger partial charge in [-0.1, -0.05) is 23.8 Å². The van der Waals surface area contributed by atoms with Crippen molar-refractivity contribution in [3.8, 4) is 10.6 Å². The summed E-state index contributed by atoms with van der Waals surface area (Å²) in [7, 11) is 0. The van der Waals surface area contributed by atoms with Gasteiger partial charge in [-0.2, -0.15) is 0 Å². The van der Waals surface area contributed by atoms with Gasteiger partial charge >= 0.3 is 0 Å². The van der Waals surface area contributed by atoms with Crippen LogP contribution in [0.25, 0.3) is 21.5 Å². The minimum Gasteiger partial charge on any atom is -0.322 e. The molecule has 2 N–H and O–H groups in total. The first-order valence-corrected chi connectivity index (χ1v) is 9.77. The molecule has 2 heterocycles. The zero-order chi connectivity index (χ0) is 19.8. The van der Waals surface area contributed by atoms with E-state index in [1.807, 2.05) is 31.2 Å². The number of aromatic amines is 1. The summed E-state index contributed by atoms with van der Waals surface area (Å²) in [6.07, 6.45) is 0. The summed E-state index contributed by atoms with van der Waals surface area (Å²) in [5, 5.41) is 6.35. The first-order valence-electron chi connectivity index (χ1n) is 8.89. The highest BCUT2D eigenvalue weighted by Crippen LogP contribution is 2.28. The largest absolute Gasteiger partial charge is 0.322 e. The number of rotatable bonds is 3. The Morgan fingerprint density at radius 1 is 1.04 bits per heavy atom. The molecule has 0 saturated heterocycles. The lowest BCUT2D eigenvalue weighted by atomic mass is 10.1. The van der Waals surface area contributed by atoms with Crippen LogP contribution in [0, 0.1) is 20.8 Å². The van der Waals surface area contributed by atoms with E-state index in [1.54, 1.807) is 24.4 Å². The lowest BCUT2D eigenvalue weighted by Gasteiger charge is -2.06. The number of H-pyrrole nitrogens is 1. The van der Waals surface area contributed by atoms with E-state index in [0.717, 1.165) is 27.0 Å². The molecule has 0 atom stereocenters. The average molecular weight is 389 g/mol. The fraction of sp³-hybridized carbons (Fsp3) is 0.136. The molecule has 0 bridgehead atoms. The number of hydrogen-bond donors (Lipinski definition) is 2. The molecule has 4 rings (SSSR count). The number of nitrogens with one attached hydrogen (secondary N) is 2. The molecule has 0 radical (unpaired) electrons. The highest BCUT2D eigenvalue weighted by molar-refractivity contribution is 7.13. The van der Waals surface area contributed by atoms with Crippen molar-refractivity contribution >= 4 is 33.8 Å². The quantitative estimate of drug-likeness (QED) is 0.527. The van der Waals surface area contributed by atoms with E-state index in [1.165, 1.54) is 16.9 Å². The van der Waals surface area contributed by atoms with Crippen molar-refractivity contribution in [2.24, 2.45) is 0 Å². The standard InChI is InChI=1S/C22H19N3O2S/c1-12-4-6-17(13(2)8-12)22-25-19(11-28-22)21(27)23-16-5-7-18-15(10-16)9-14(3)20(26)24-18/h4-11H,1-3H3,(H,23,27)(H,24,26). The fourth-order valence-corrected chi connectivity index (χ4v) is 4.03. The molecule has 0 unspecified atom stereocenters. The molecule has 1 amide bonds. The van der Waals surface area contributed by atoms with E-state index >= 15 is 0 Å². The number of benzene rings is 2. The predicted octanol–water partition coefficient (Wildman–Crippen LogP) is 4.83. The lowest BCUT2D eigenvalue weighted by Crippen LogP contribution is -2.13. The van der Waals surface area contributed by atoms with Crippen molar-refractivity contribution in [3.63, 3.8) is 0 Å². The van der Waals surface area contributed by atoms with Gasteiger partial charge in [0.15, 0.2) is 0 Å². The summed E-state index contributed by atoms with van der Waals surface area (Å²) in [6, 6.07) is 13.4. The Bertz CT molecular complexity index is 1270. The second-order valence-electron chi connectivity index (χ2n) is 6.89. The van der Waals surface area contributed by atoms with Gasteiger partial charge in [-0.15, -0.1) is 11.3 Å². The Morgan fingerprint density at radius 3 is 2.64 bits per heavy atom. The van der Waals surface area contributed by atoms with E-state index < -0.39 is 0 Å². The zero-order valence-corrected chi connectivity index (χ0v) is 16.6. The van der Waals surface area contributed by atoms with Crippen molar-refractivity contribution < 1.29 is 4.79 Å². The number of pyridine rings is 1. The van der Waals surface area contributed by atoms with Gasteiger partial charge in [0.25, 0.3) is 11.5 Å². The molecule has 0 aliphatic carbocycles. The monoisotopic (exact) mass is 389 g/mol. The lowest BCUT2D eigenvalue weighted by molar-refractivity contribution is 0.102. The summed E-state index contributed by atoms with van der Waals surface area (Å²) in [6.45, 7) is 5.86. The number of fused-ring (bicyclic) bond motifs is 1. The number of amides is 1. The number of anilines is 1. The molecule has 0 aliphatic rings. The van der Waals surface area contributed by atoms with E-state index in [0.29, 0.717) is 16.9 Å². The zero-order valence-electron chi connectivity index (χ0n) is 15.8. The summed E-state index contributed by atoms with van der Waals surface area (Å²) in [4.78, 5) is 31.7. The summed E-state index contributed by atoms with van der Waals surface area (Å²) < 4.78 is 0. The van der Waals surface area contributed by atoms with Crippen LogP contribution >= 0.6 is 11.3 Å². The highest BCUT2D eigenvalue weighted by Gasteiger charge is 2.14. The number of hydrogen-bond acceptors (Lipinski definition) is 4. The predicted molar refractivity (Wildman–Crippen MR) is 114 cm³/mol. The topological polar surface area (TPSA) is 74.8 Å². The number of aromatic nitrogens is 2. The minimum atomic E-state index is -0.257. The van der Waals surface area contributed by atoms with Gasteiger partial charge in [-0.25, -0.2) is 4.98 Å². The molecule has 0 fully saturated rings.